The summed E-state index contributed by atoms with van der Waals surface area (Å²) in [7, 11) is 6.60. The molecule has 1 aromatic rings. The Kier molecular flexibility index (Phi) is 5.86. The Hall–Kier alpha value is -2.32. The molecule has 0 saturated carbocycles. The predicted octanol–water partition coefficient (Wildman–Crippen LogP) is 1.25. The van der Waals surface area contributed by atoms with Crippen molar-refractivity contribution in [3.05, 3.63) is 17.7 Å². The number of ether oxygens (including phenoxy) is 3. The van der Waals surface area contributed by atoms with Crippen LogP contribution in [0.5, 0.6) is 11.5 Å². The van der Waals surface area contributed by atoms with Crippen molar-refractivity contribution < 1.29 is 23.8 Å². The highest BCUT2D eigenvalue weighted by Crippen LogP contribution is 2.37. The van der Waals surface area contributed by atoms with E-state index in [1.807, 2.05) is 0 Å². The lowest BCUT2D eigenvalue weighted by Crippen LogP contribution is -2.41. The van der Waals surface area contributed by atoms with E-state index >= 15 is 0 Å². The summed E-state index contributed by atoms with van der Waals surface area (Å²) in [6, 6.07) is 3.25. The first-order chi connectivity index (χ1) is 12.9. The molecule has 2 bridgehead atoms. The van der Waals surface area contributed by atoms with Crippen molar-refractivity contribution in [3.63, 3.8) is 0 Å². The lowest BCUT2D eigenvalue weighted by atomic mass is 9.95. The lowest BCUT2D eigenvalue weighted by Gasteiger charge is -2.21. The number of fused-ring (bicyclic) bond motifs is 2. The van der Waals surface area contributed by atoms with Crippen molar-refractivity contribution in [2.24, 2.45) is 0 Å². The number of carbonyl (C=O) groups excluding carboxylic acids is 2. The largest absolute Gasteiger partial charge is 0.493 e. The van der Waals surface area contributed by atoms with Crippen molar-refractivity contribution in [2.45, 2.75) is 37.5 Å². The lowest BCUT2D eigenvalue weighted by molar-refractivity contribution is -0.116. The van der Waals surface area contributed by atoms with Gasteiger partial charge in [-0.05, 0) is 45.5 Å². The number of amides is 2. The van der Waals surface area contributed by atoms with Gasteiger partial charge in [-0.15, -0.1) is 0 Å². The second-order valence-corrected chi connectivity index (χ2v) is 7.23. The van der Waals surface area contributed by atoms with Crippen LogP contribution in [0.25, 0.3) is 0 Å². The van der Waals surface area contributed by atoms with Gasteiger partial charge in [-0.25, -0.2) is 0 Å². The summed E-state index contributed by atoms with van der Waals surface area (Å²) in [6.45, 7) is 0.213. The molecule has 0 aromatic heterocycles. The van der Waals surface area contributed by atoms with E-state index in [1.165, 1.54) is 14.2 Å². The second kappa shape index (κ2) is 8.14. The topological polar surface area (TPSA) is 89.1 Å². The van der Waals surface area contributed by atoms with E-state index in [4.69, 9.17) is 14.2 Å². The van der Waals surface area contributed by atoms with E-state index in [0.717, 1.165) is 19.3 Å². The number of carbonyl (C=O) groups is 2. The summed E-state index contributed by atoms with van der Waals surface area (Å²) < 4.78 is 16.5. The zero-order valence-electron chi connectivity index (χ0n) is 16.2. The molecule has 2 N–H and O–H groups in total. The molecule has 8 heteroatoms. The van der Waals surface area contributed by atoms with Gasteiger partial charge >= 0.3 is 0 Å². The molecule has 2 heterocycles. The van der Waals surface area contributed by atoms with Crippen LogP contribution in [-0.4, -0.2) is 69.8 Å². The Labute approximate surface area is 159 Å². The fourth-order valence-corrected chi connectivity index (χ4v) is 3.71. The molecule has 2 amide bonds. The van der Waals surface area contributed by atoms with Crippen LogP contribution in [-0.2, 0) is 9.53 Å². The van der Waals surface area contributed by atoms with Crippen LogP contribution in [0.2, 0.25) is 0 Å². The molecule has 148 valence electrons. The number of rotatable bonds is 7. The van der Waals surface area contributed by atoms with Gasteiger partial charge in [0.05, 0.1) is 44.7 Å². The maximum absolute atomic E-state index is 12.8. The molecule has 2 saturated heterocycles. The minimum Gasteiger partial charge on any atom is -0.493 e. The van der Waals surface area contributed by atoms with Crippen LogP contribution in [0.3, 0.4) is 0 Å². The molecule has 1 aromatic carbocycles. The molecule has 27 heavy (non-hydrogen) atoms. The van der Waals surface area contributed by atoms with Crippen molar-refractivity contribution in [3.8, 4) is 11.5 Å². The SMILES string of the molecule is COc1cc(C(=O)N[C@@H]2C[C@@H]3CC[C@H]2O3)cc(NC(=O)CN(C)C)c1OC. The molecule has 2 aliphatic heterocycles. The van der Waals surface area contributed by atoms with Crippen molar-refractivity contribution in [1.82, 2.24) is 10.2 Å². The van der Waals surface area contributed by atoms with E-state index in [-0.39, 0.29) is 36.6 Å². The highest BCUT2D eigenvalue weighted by molar-refractivity contribution is 6.00. The van der Waals surface area contributed by atoms with Crippen LogP contribution in [0.4, 0.5) is 5.69 Å². The molecule has 2 fully saturated rings. The molecule has 8 nitrogen and oxygen atoms in total. The molecule has 3 atom stereocenters. The van der Waals surface area contributed by atoms with Gasteiger partial charge < -0.3 is 29.7 Å². The Balaban J connectivity index is 1.80. The minimum atomic E-state index is -0.222. The van der Waals surface area contributed by atoms with Crippen LogP contribution in [0.15, 0.2) is 12.1 Å². The van der Waals surface area contributed by atoms with Gasteiger partial charge in [0.15, 0.2) is 11.5 Å². The first-order valence-electron chi connectivity index (χ1n) is 9.08. The number of benzene rings is 1. The molecule has 3 rings (SSSR count). The zero-order chi connectivity index (χ0) is 19.6. The van der Waals surface area contributed by atoms with Gasteiger partial charge in [0.25, 0.3) is 5.91 Å². The molecular weight excluding hydrogens is 350 g/mol. The highest BCUT2D eigenvalue weighted by Gasteiger charge is 2.41. The van der Waals surface area contributed by atoms with E-state index in [0.29, 0.717) is 22.7 Å². The third-order valence-electron chi connectivity index (χ3n) is 4.90. The number of hydrogen-bond acceptors (Lipinski definition) is 6. The number of nitrogens with zero attached hydrogens (tertiary/aromatic N) is 1. The molecular formula is C19H27N3O5. The zero-order valence-corrected chi connectivity index (χ0v) is 16.2. The van der Waals surface area contributed by atoms with Crippen LogP contribution in [0.1, 0.15) is 29.6 Å². The first kappa shape index (κ1) is 19.4. The van der Waals surface area contributed by atoms with Gasteiger partial charge in [-0.3, -0.25) is 9.59 Å². The number of nitrogens with one attached hydrogen (secondary N) is 2. The van der Waals surface area contributed by atoms with E-state index in [2.05, 4.69) is 10.6 Å². The molecule has 0 spiro atoms. The van der Waals surface area contributed by atoms with Gasteiger partial charge in [-0.2, -0.15) is 0 Å². The predicted molar refractivity (Wildman–Crippen MR) is 100 cm³/mol. The number of likely N-dealkylation sites (N-methyl/N-ethyl adjacent to an activating group) is 1. The second-order valence-electron chi connectivity index (χ2n) is 7.23. The Morgan fingerprint density at radius 1 is 1.22 bits per heavy atom. The molecule has 0 unspecified atom stereocenters. The molecule has 0 aliphatic carbocycles. The summed E-state index contributed by atoms with van der Waals surface area (Å²) in [4.78, 5) is 26.7. The monoisotopic (exact) mass is 377 g/mol. The van der Waals surface area contributed by atoms with Gasteiger partial charge in [-0.1, -0.05) is 0 Å². The van der Waals surface area contributed by atoms with Crippen LogP contribution in [0, 0.1) is 0 Å². The summed E-state index contributed by atoms with van der Waals surface area (Å²) in [5.74, 6) is 0.332. The van der Waals surface area contributed by atoms with E-state index in [1.54, 1.807) is 31.1 Å². The Morgan fingerprint density at radius 2 is 2.00 bits per heavy atom. The van der Waals surface area contributed by atoms with E-state index in [9.17, 15) is 9.59 Å². The smallest absolute Gasteiger partial charge is 0.251 e. The standard InChI is InChI=1S/C19H27N3O5/c1-22(2)10-17(23)20-14-7-11(8-16(25-3)18(14)26-4)19(24)21-13-9-12-5-6-15(13)27-12/h7-8,12-13,15H,5-6,9-10H2,1-4H3,(H,20,23)(H,21,24)/t12-,13+,15+/m0/s1. The first-order valence-corrected chi connectivity index (χ1v) is 9.08. The number of methoxy groups -OCH3 is 2. The van der Waals surface area contributed by atoms with Gasteiger partial charge in [0.2, 0.25) is 5.91 Å². The summed E-state index contributed by atoms with van der Waals surface area (Å²) in [5, 5.41) is 5.84. The van der Waals surface area contributed by atoms with E-state index < -0.39 is 0 Å². The average molecular weight is 377 g/mol. The molecule has 2 aliphatic rings. The summed E-state index contributed by atoms with van der Waals surface area (Å²) in [5.41, 5.74) is 0.800. The maximum atomic E-state index is 12.8. The quantitative estimate of drug-likeness (QED) is 0.744. The average Bonchev–Trinajstić information content (AvgIpc) is 3.23. The highest BCUT2D eigenvalue weighted by atomic mass is 16.5. The fraction of sp³-hybridized carbons (Fsp3) is 0.579. The van der Waals surface area contributed by atoms with Crippen molar-refractivity contribution in [2.75, 3.05) is 40.2 Å². The normalized spacial score (nSPS) is 23.4. The number of hydrogen-bond donors (Lipinski definition) is 2. The fourth-order valence-electron chi connectivity index (χ4n) is 3.71. The van der Waals surface area contributed by atoms with Gasteiger partial charge in [0, 0.05) is 5.56 Å². The van der Waals surface area contributed by atoms with Crippen molar-refractivity contribution in [1.29, 1.82) is 0 Å². The van der Waals surface area contributed by atoms with Gasteiger partial charge in [0.1, 0.15) is 0 Å². The maximum Gasteiger partial charge on any atom is 0.251 e. The van der Waals surface area contributed by atoms with Crippen LogP contribution >= 0.6 is 0 Å². The summed E-state index contributed by atoms with van der Waals surface area (Å²) in [6.07, 6.45) is 3.24. The molecule has 0 radical (unpaired) electrons. The third-order valence-corrected chi connectivity index (χ3v) is 4.90. The third kappa shape index (κ3) is 4.33. The minimum absolute atomic E-state index is 0.0242. The Morgan fingerprint density at radius 3 is 2.56 bits per heavy atom. The van der Waals surface area contributed by atoms with Crippen molar-refractivity contribution >= 4 is 17.5 Å². The van der Waals surface area contributed by atoms with Crippen LogP contribution < -0.4 is 20.1 Å². The number of anilines is 1. The Bertz CT molecular complexity index is 722. The summed E-state index contributed by atoms with van der Waals surface area (Å²) >= 11 is 0.